The average Bonchev–Trinajstić information content (AvgIpc) is 2.25. The molecule has 1 atom stereocenters. The van der Waals surface area contributed by atoms with Crippen molar-refractivity contribution in [3.63, 3.8) is 0 Å². The first-order chi connectivity index (χ1) is 6.83. The summed E-state index contributed by atoms with van der Waals surface area (Å²) in [5.41, 5.74) is 0. The van der Waals surface area contributed by atoms with Gasteiger partial charge in [0.15, 0.2) is 0 Å². The minimum Gasteiger partial charge on any atom is -0.313 e. The normalized spacial score (nSPS) is 21.0. The zero-order valence-corrected chi connectivity index (χ0v) is 9.81. The number of rotatable bonds is 6. The van der Waals surface area contributed by atoms with Crippen molar-refractivity contribution in [3.8, 4) is 0 Å². The van der Waals surface area contributed by atoms with Crippen molar-refractivity contribution in [2.45, 2.75) is 64.5 Å². The van der Waals surface area contributed by atoms with Crippen molar-refractivity contribution in [1.82, 2.24) is 10.6 Å². The lowest BCUT2D eigenvalue weighted by Gasteiger charge is -2.25. The van der Waals surface area contributed by atoms with Crippen molar-refractivity contribution in [1.29, 1.82) is 0 Å². The zero-order valence-electron chi connectivity index (χ0n) is 9.81. The second kappa shape index (κ2) is 7.24. The third kappa shape index (κ3) is 4.97. The van der Waals surface area contributed by atoms with Gasteiger partial charge in [0.05, 0.1) is 0 Å². The maximum atomic E-state index is 3.67. The summed E-state index contributed by atoms with van der Waals surface area (Å²) >= 11 is 0. The SMILES string of the molecule is CCCNC(C)CNC1CCCCC1. The molecule has 1 saturated carbocycles. The largest absolute Gasteiger partial charge is 0.313 e. The summed E-state index contributed by atoms with van der Waals surface area (Å²) < 4.78 is 0. The molecule has 0 aromatic carbocycles. The molecular formula is C12H26N2. The Morgan fingerprint density at radius 1 is 1.21 bits per heavy atom. The molecule has 0 radical (unpaired) electrons. The Bertz CT molecular complexity index is 130. The van der Waals surface area contributed by atoms with Gasteiger partial charge in [0, 0.05) is 18.6 Å². The Morgan fingerprint density at radius 3 is 2.57 bits per heavy atom. The van der Waals surface area contributed by atoms with E-state index in [9.17, 15) is 0 Å². The van der Waals surface area contributed by atoms with Crippen LogP contribution in [-0.4, -0.2) is 25.2 Å². The molecule has 0 spiro atoms. The Kier molecular flexibility index (Phi) is 6.20. The topological polar surface area (TPSA) is 24.1 Å². The van der Waals surface area contributed by atoms with Gasteiger partial charge in [0.1, 0.15) is 0 Å². The molecular weight excluding hydrogens is 172 g/mol. The molecule has 84 valence electrons. The van der Waals surface area contributed by atoms with Gasteiger partial charge in [-0.05, 0) is 32.7 Å². The van der Waals surface area contributed by atoms with E-state index in [0.29, 0.717) is 6.04 Å². The molecule has 0 aromatic heterocycles. The Hall–Kier alpha value is -0.0800. The fraction of sp³-hybridized carbons (Fsp3) is 1.00. The lowest BCUT2D eigenvalue weighted by Crippen LogP contribution is -2.41. The summed E-state index contributed by atoms with van der Waals surface area (Å²) in [5.74, 6) is 0. The minimum atomic E-state index is 0.622. The molecule has 0 amide bonds. The van der Waals surface area contributed by atoms with Crippen molar-refractivity contribution < 1.29 is 0 Å². The fourth-order valence-electron chi connectivity index (χ4n) is 2.11. The zero-order chi connectivity index (χ0) is 10.2. The maximum absolute atomic E-state index is 3.67. The van der Waals surface area contributed by atoms with E-state index in [0.717, 1.165) is 19.1 Å². The first-order valence-electron chi connectivity index (χ1n) is 6.29. The van der Waals surface area contributed by atoms with Crippen LogP contribution in [0.2, 0.25) is 0 Å². The number of hydrogen-bond donors (Lipinski definition) is 2. The molecule has 2 nitrogen and oxygen atoms in total. The van der Waals surface area contributed by atoms with Crippen LogP contribution in [-0.2, 0) is 0 Å². The predicted molar refractivity (Wildman–Crippen MR) is 62.6 cm³/mol. The van der Waals surface area contributed by atoms with Crippen LogP contribution in [0, 0.1) is 0 Å². The van der Waals surface area contributed by atoms with Crippen molar-refractivity contribution >= 4 is 0 Å². The molecule has 0 saturated heterocycles. The number of nitrogens with one attached hydrogen (secondary N) is 2. The summed E-state index contributed by atoms with van der Waals surface area (Å²) in [6.07, 6.45) is 8.31. The first kappa shape index (κ1) is 12.0. The van der Waals surface area contributed by atoms with E-state index in [2.05, 4.69) is 24.5 Å². The summed E-state index contributed by atoms with van der Waals surface area (Å²) in [5, 5.41) is 7.18. The van der Waals surface area contributed by atoms with Crippen LogP contribution < -0.4 is 10.6 Å². The summed E-state index contributed by atoms with van der Waals surface area (Å²) in [6, 6.07) is 1.42. The van der Waals surface area contributed by atoms with Crippen LogP contribution in [0.5, 0.6) is 0 Å². The van der Waals surface area contributed by atoms with Crippen LogP contribution >= 0.6 is 0 Å². The highest BCUT2D eigenvalue weighted by atomic mass is 15.0. The van der Waals surface area contributed by atoms with Crippen molar-refractivity contribution in [2.24, 2.45) is 0 Å². The average molecular weight is 198 g/mol. The quantitative estimate of drug-likeness (QED) is 0.684. The third-order valence-electron chi connectivity index (χ3n) is 3.06. The number of hydrogen-bond acceptors (Lipinski definition) is 2. The molecule has 0 bridgehead atoms. The Labute approximate surface area is 88.8 Å². The van der Waals surface area contributed by atoms with E-state index in [1.807, 2.05) is 0 Å². The molecule has 0 aliphatic heterocycles. The summed E-state index contributed by atoms with van der Waals surface area (Å²) in [6.45, 7) is 6.76. The molecule has 1 rings (SSSR count). The third-order valence-corrected chi connectivity index (χ3v) is 3.06. The van der Waals surface area contributed by atoms with Crippen LogP contribution in [0.25, 0.3) is 0 Å². The highest BCUT2D eigenvalue weighted by Gasteiger charge is 2.12. The van der Waals surface area contributed by atoms with E-state index in [1.165, 1.54) is 38.5 Å². The van der Waals surface area contributed by atoms with Gasteiger partial charge in [-0.2, -0.15) is 0 Å². The van der Waals surface area contributed by atoms with E-state index < -0.39 is 0 Å². The Balaban J connectivity index is 2.00. The van der Waals surface area contributed by atoms with Gasteiger partial charge in [-0.25, -0.2) is 0 Å². The lowest BCUT2D eigenvalue weighted by molar-refractivity contribution is 0.356. The molecule has 14 heavy (non-hydrogen) atoms. The predicted octanol–water partition coefficient (Wildman–Crippen LogP) is 2.30. The van der Waals surface area contributed by atoms with Gasteiger partial charge in [-0.1, -0.05) is 26.2 Å². The van der Waals surface area contributed by atoms with Crippen LogP contribution in [0.3, 0.4) is 0 Å². The fourth-order valence-corrected chi connectivity index (χ4v) is 2.11. The molecule has 0 heterocycles. The van der Waals surface area contributed by atoms with Gasteiger partial charge in [0.2, 0.25) is 0 Å². The van der Waals surface area contributed by atoms with Crippen LogP contribution in [0.15, 0.2) is 0 Å². The van der Waals surface area contributed by atoms with E-state index in [1.54, 1.807) is 0 Å². The van der Waals surface area contributed by atoms with Crippen molar-refractivity contribution in [3.05, 3.63) is 0 Å². The van der Waals surface area contributed by atoms with E-state index in [4.69, 9.17) is 0 Å². The van der Waals surface area contributed by atoms with Crippen molar-refractivity contribution in [2.75, 3.05) is 13.1 Å². The highest BCUT2D eigenvalue weighted by Crippen LogP contribution is 2.17. The molecule has 2 N–H and O–H groups in total. The van der Waals surface area contributed by atoms with E-state index in [-0.39, 0.29) is 0 Å². The molecule has 1 fully saturated rings. The molecule has 2 heteroatoms. The summed E-state index contributed by atoms with van der Waals surface area (Å²) in [7, 11) is 0. The maximum Gasteiger partial charge on any atom is 0.0164 e. The molecule has 0 aromatic rings. The lowest BCUT2D eigenvalue weighted by atomic mass is 9.95. The first-order valence-corrected chi connectivity index (χ1v) is 6.29. The molecule has 1 aliphatic rings. The van der Waals surface area contributed by atoms with Crippen LogP contribution in [0.1, 0.15) is 52.4 Å². The van der Waals surface area contributed by atoms with Crippen LogP contribution in [0.4, 0.5) is 0 Å². The molecule has 1 aliphatic carbocycles. The van der Waals surface area contributed by atoms with Gasteiger partial charge in [-0.15, -0.1) is 0 Å². The Morgan fingerprint density at radius 2 is 1.93 bits per heavy atom. The smallest absolute Gasteiger partial charge is 0.0164 e. The van der Waals surface area contributed by atoms with Gasteiger partial charge in [0.25, 0.3) is 0 Å². The second-order valence-corrected chi connectivity index (χ2v) is 4.60. The monoisotopic (exact) mass is 198 g/mol. The second-order valence-electron chi connectivity index (χ2n) is 4.60. The van der Waals surface area contributed by atoms with Gasteiger partial charge in [-0.3, -0.25) is 0 Å². The standard InChI is InChI=1S/C12H26N2/c1-3-9-13-11(2)10-14-12-7-5-4-6-8-12/h11-14H,3-10H2,1-2H3. The minimum absolute atomic E-state index is 0.622. The van der Waals surface area contributed by atoms with E-state index >= 15 is 0 Å². The molecule has 1 unspecified atom stereocenters. The summed E-state index contributed by atoms with van der Waals surface area (Å²) in [4.78, 5) is 0. The van der Waals surface area contributed by atoms with Gasteiger partial charge >= 0.3 is 0 Å². The highest BCUT2D eigenvalue weighted by molar-refractivity contribution is 4.74. The van der Waals surface area contributed by atoms with Gasteiger partial charge < -0.3 is 10.6 Å².